The zero-order valence-electron chi connectivity index (χ0n) is 19.9. The van der Waals surface area contributed by atoms with Crippen molar-refractivity contribution >= 4 is 23.2 Å². The standard InChI is InChI=1S/C28H30N2O4S/c1-33-22-8-5-9-23(17-22)34-19-25-24-13-15-35-26(24)12-14-29(25)28(32)18-30(21-10-11-21)27(31)16-20-6-3-2-4-7-20/h2-9,13,15,17,21,25H,10-12,14,16,18-19H2,1H3. The van der Waals surface area contributed by atoms with Crippen molar-refractivity contribution in [3.05, 3.63) is 82.0 Å². The molecule has 2 heterocycles. The van der Waals surface area contributed by atoms with E-state index in [9.17, 15) is 9.59 Å². The highest BCUT2D eigenvalue weighted by atomic mass is 32.1. The lowest BCUT2D eigenvalue weighted by Gasteiger charge is -2.37. The van der Waals surface area contributed by atoms with E-state index in [0.717, 1.165) is 36.1 Å². The number of hydrogen-bond donors (Lipinski definition) is 0. The first kappa shape index (κ1) is 23.4. The number of carbonyl (C=O) groups is 2. The second-order valence-electron chi connectivity index (χ2n) is 9.06. The first-order valence-corrected chi connectivity index (χ1v) is 13.0. The van der Waals surface area contributed by atoms with E-state index >= 15 is 0 Å². The van der Waals surface area contributed by atoms with E-state index in [-0.39, 0.29) is 30.4 Å². The van der Waals surface area contributed by atoms with E-state index in [2.05, 4.69) is 11.4 Å². The SMILES string of the molecule is COc1cccc(OCC2c3ccsc3CCN2C(=O)CN(C(=O)Cc2ccccc2)C2CC2)c1. The minimum absolute atomic E-state index is 0.0180. The topological polar surface area (TPSA) is 59.1 Å². The summed E-state index contributed by atoms with van der Waals surface area (Å²) in [6.07, 6.45) is 3.08. The largest absolute Gasteiger partial charge is 0.497 e. The van der Waals surface area contributed by atoms with Crippen LogP contribution < -0.4 is 9.47 Å². The maximum atomic E-state index is 13.6. The Kier molecular flexibility index (Phi) is 7.04. The van der Waals surface area contributed by atoms with Crippen LogP contribution in [-0.2, 0) is 22.4 Å². The molecule has 6 nitrogen and oxygen atoms in total. The van der Waals surface area contributed by atoms with E-state index in [1.54, 1.807) is 23.3 Å². The van der Waals surface area contributed by atoms with Gasteiger partial charge in [-0.05, 0) is 54.0 Å². The molecule has 0 N–H and O–H groups in total. The number of carbonyl (C=O) groups excluding carboxylic acids is 2. The highest BCUT2D eigenvalue weighted by Gasteiger charge is 2.37. The third-order valence-electron chi connectivity index (χ3n) is 6.68. The summed E-state index contributed by atoms with van der Waals surface area (Å²) < 4.78 is 11.4. The van der Waals surface area contributed by atoms with Crippen molar-refractivity contribution < 1.29 is 19.1 Å². The number of thiophene rings is 1. The van der Waals surface area contributed by atoms with Crippen molar-refractivity contribution in [3.8, 4) is 11.5 Å². The fourth-order valence-electron chi connectivity index (χ4n) is 4.66. The fraction of sp³-hybridized carbons (Fsp3) is 0.357. The number of rotatable bonds is 9. The van der Waals surface area contributed by atoms with Crippen LogP contribution in [0.3, 0.4) is 0 Å². The fourth-order valence-corrected chi connectivity index (χ4v) is 5.58. The van der Waals surface area contributed by atoms with Gasteiger partial charge >= 0.3 is 0 Å². The number of nitrogens with zero attached hydrogens (tertiary/aromatic N) is 2. The van der Waals surface area contributed by atoms with E-state index in [0.29, 0.717) is 25.3 Å². The summed E-state index contributed by atoms with van der Waals surface area (Å²) in [7, 11) is 1.63. The number of benzene rings is 2. The van der Waals surface area contributed by atoms with Gasteiger partial charge in [-0.3, -0.25) is 9.59 Å². The molecule has 1 aromatic heterocycles. The van der Waals surface area contributed by atoms with Crippen LogP contribution >= 0.6 is 11.3 Å². The van der Waals surface area contributed by atoms with Crippen molar-refractivity contribution in [3.63, 3.8) is 0 Å². The van der Waals surface area contributed by atoms with Gasteiger partial charge in [0, 0.05) is 23.5 Å². The van der Waals surface area contributed by atoms with Gasteiger partial charge in [-0.2, -0.15) is 0 Å². The quantitative estimate of drug-likeness (QED) is 0.443. The minimum atomic E-state index is -0.186. The van der Waals surface area contributed by atoms with Gasteiger partial charge in [0.1, 0.15) is 24.7 Å². The number of methoxy groups -OCH3 is 1. The Bertz CT molecular complexity index is 1170. The van der Waals surface area contributed by atoms with Crippen LogP contribution in [-0.4, -0.2) is 54.5 Å². The van der Waals surface area contributed by atoms with E-state index in [1.165, 1.54) is 4.88 Å². The molecule has 35 heavy (non-hydrogen) atoms. The smallest absolute Gasteiger partial charge is 0.242 e. The van der Waals surface area contributed by atoms with Crippen molar-refractivity contribution in [1.82, 2.24) is 9.80 Å². The molecule has 2 aliphatic rings. The third kappa shape index (κ3) is 5.51. The molecular formula is C28H30N2O4S. The monoisotopic (exact) mass is 490 g/mol. The lowest BCUT2D eigenvalue weighted by Crippen LogP contribution is -2.48. The van der Waals surface area contributed by atoms with Gasteiger partial charge in [0.05, 0.1) is 19.6 Å². The van der Waals surface area contributed by atoms with Gasteiger partial charge in [-0.15, -0.1) is 11.3 Å². The van der Waals surface area contributed by atoms with Crippen molar-refractivity contribution in [2.75, 3.05) is 26.8 Å². The molecule has 5 rings (SSSR count). The van der Waals surface area contributed by atoms with Gasteiger partial charge in [-0.1, -0.05) is 36.4 Å². The predicted octanol–water partition coefficient (Wildman–Crippen LogP) is 4.50. The first-order valence-electron chi connectivity index (χ1n) is 12.1. The van der Waals surface area contributed by atoms with Crippen LogP contribution in [0.5, 0.6) is 11.5 Å². The zero-order valence-corrected chi connectivity index (χ0v) is 20.7. The van der Waals surface area contributed by atoms with Crippen molar-refractivity contribution in [1.29, 1.82) is 0 Å². The van der Waals surface area contributed by atoms with Crippen LogP contribution in [0.1, 0.15) is 34.9 Å². The molecule has 1 aliphatic heterocycles. The molecule has 1 unspecified atom stereocenters. The predicted molar refractivity (Wildman–Crippen MR) is 136 cm³/mol. The van der Waals surface area contributed by atoms with E-state index < -0.39 is 0 Å². The van der Waals surface area contributed by atoms with Crippen LogP contribution in [0.4, 0.5) is 0 Å². The summed E-state index contributed by atoms with van der Waals surface area (Å²) in [5.41, 5.74) is 2.12. The molecule has 1 aliphatic carbocycles. The number of ether oxygens (including phenoxy) is 2. The minimum Gasteiger partial charge on any atom is -0.497 e. The Morgan fingerprint density at radius 2 is 1.86 bits per heavy atom. The second-order valence-corrected chi connectivity index (χ2v) is 10.1. The van der Waals surface area contributed by atoms with Crippen molar-refractivity contribution in [2.24, 2.45) is 0 Å². The molecule has 0 radical (unpaired) electrons. The summed E-state index contributed by atoms with van der Waals surface area (Å²) in [6, 6.07) is 19.3. The Labute approximate surface area is 210 Å². The normalized spacial score (nSPS) is 16.9. The maximum absolute atomic E-state index is 13.6. The van der Waals surface area contributed by atoms with Crippen LogP contribution in [0.2, 0.25) is 0 Å². The molecule has 2 aromatic carbocycles. The average molecular weight is 491 g/mol. The van der Waals surface area contributed by atoms with Gasteiger partial charge < -0.3 is 19.3 Å². The summed E-state index contributed by atoms with van der Waals surface area (Å²) >= 11 is 1.73. The third-order valence-corrected chi connectivity index (χ3v) is 7.67. The summed E-state index contributed by atoms with van der Waals surface area (Å²) in [4.78, 5) is 31.7. The van der Waals surface area contributed by atoms with Gasteiger partial charge in [0.15, 0.2) is 0 Å². The summed E-state index contributed by atoms with van der Waals surface area (Å²) in [5.74, 6) is 1.43. The molecule has 182 valence electrons. The molecule has 1 fully saturated rings. The second kappa shape index (κ2) is 10.5. The average Bonchev–Trinajstić information content (AvgIpc) is 3.61. The van der Waals surface area contributed by atoms with Crippen molar-refractivity contribution in [2.45, 2.75) is 37.8 Å². The van der Waals surface area contributed by atoms with Gasteiger partial charge in [0.2, 0.25) is 11.8 Å². The molecule has 3 aromatic rings. The Balaban J connectivity index is 1.30. The first-order chi connectivity index (χ1) is 17.1. The Morgan fingerprint density at radius 3 is 2.63 bits per heavy atom. The zero-order chi connectivity index (χ0) is 24.2. The molecular weight excluding hydrogens is 460 g/mol. The summed E-state index contributed by atoms with van der Waals surface area (Å²) in [5, 5.41) is 2.08. The summed E-state index contributed by atoms with van der Waals surface area (Å²) in [6.45, 7) is 1.10. The number of amides is 2. The Hall–Kier alpha value is -3.32. The van der Waals surface area contributed by atoms with Gasteiger partial charge in [0.25, 0.3) is 0 Å². The van der Waals surface area contributed by atoms with Crippen LogP contribution in [0.15, 0.2) is 66.0 Å². The molecule has 0 spiro atoms. The number of hydrogen-bond acceptors (Lipinski definition) is 5. The highest BCUT2D eigenvalue weighted by molar-refractivity contribution is 7.10. The lowest BCUT2D eigenvalue weighted by atomic mass is 10.0. The molecule has 7 heteroatoms. The van der Waals surface area contributed by atoms with Crippen LogP contribution in [0, 0.1) is 0 Å². The lowest BCUT2D eigenvalue weighted by molar-refractivity contribution is -0.143. The maximum Gasteiger partial charge on any atom is 0.242 e. The Morgan fingerprint density at radius 1 is 1.06 bits per heavy atom. The van der Waals surface area contributed by atoms with Gasteiger partial charge in [-0.25, -0.2) is 0 Å². The number of fused-ring (bicyclic) bond motifs is 1. The molecule has 1 saturated carbocycles. The molecule has 2 amide bonds. The van der Waals surface area contributed by atoms with E-state index in [1.807, 2.05) is 59.5 Å². The van der Waals surface area contributed by atoms with E-state index in [4.69, 9.17) is 9.47 Å². The molecule has 0 bridgehead atoms. The molecule has 1 atom stereocenters. The molecule has 0 saturated heterocycles. The highest BCUT2D eigenvalue weighted by Crippen LogP contribution is 2.35. The van der Waals surface area contributed by atoms with Crippen LogP contribution in [0.25, 0.3) is 0 Å².